The van der Waals surface area contributed by atoms with Gasteiger partial charge in [-0.3, -0.25) is 5.32 Å². The molecule has 2 aliphatic rings. The molecule has 1 atom stereocenters. The smallest absolute Gasteiger partial charge is 0.383 e. The second kappa shape index (κ2) is 10.8. The lowest BCUT2D eigenvalue weighted by atomic mass is 10.0. The number of nitrogens with one attached hydrogen (secondary N) is 3. The summed E-state index contributed by atoms with van der Waals surface area (Å²) in [7, 11) is 1.56. The van der Waals surface area contributed by atoms with Crippen molar-refractivity contribution in [2.45, 2.75) is 37.9 Å². The molecule has 0 aliphatic carbocycles. The molecule has 38 heavy (non-hydrogen) atoms. The Balaban J connectivity index is 1.62. The highest BCUT2D eigenvalue weighted by Crippen LogP contribution is 2.37. The quantitative estimate of drug-likeness (QED) is 0.368. The van der Waals surface area contributed by atoms with Crippen molar-refractivity contribution < 1.29 is 31.1 Å². The Morgan fingerprint density at radius 3 is 2.47 bits per heavy atom. The highest BCUT2D eigenvalue weighted by atomic mass is 19.4. The minimum Gasteiger partial charge on any atom is -0.383 e. The van der Waals surface area contributed by atoms with E-state index in [2.05, 4.69) is 25.9 Å². The molecule has 4 heterocycles. The number of halogens is 6. The molecule has 206 valence electrons. The molecule has 2 aliphatic heterocycles. The summed E-state index contributed by atoms with van der Waals surface area (Å²) in [6.45, 7) is 3.10. The third-order valence-electron chi connectivity index (χ3n) is 6.13. The van der Waals surface area contributed by atoms with E-state index >= 15 is 0 Å². The summed E-state index contributed by atoms with van der Waals surface area (Å²) in [6.07, 6.45) is -6.08. The molecule has 4 rings (SSSR count). The van der Waals surface area contributed by atoms with Crippen LogP contribution in [0.3, 0.4) is 0 Å². The van der Waals surface area contributed by atoms with Crippen LogP contribution in [0.5, 0.6) is 0 Å². The third kappa shape index (κ3) is 6.35. The number of nitrogens with zero attached hydrogens (tertiary/aromatic N) is 4. The van der Waals surface area contributed by atoms with Crippen molar-refractivity contribution in [3.8, 4) is 0 Å². The molecule has 8 nitrogen and oxygen atoms in total. The van der Waals surface area contributed by atoms with E-state index in [-0.39, 0.29) is 24.6 Å². The summed E-state index contributed by atoms with van der Waals surface area (Å²) in [5, 5.41) is 9.64. The maximum absolute atomic E-state index is 13.6. The number of aliphatic imine (C=N–C) groups is 1. The van der Waals surface area contributed by atoms with Gasteiger partial charge in [0.25, 0.3) is 0 Å². The number of rotatable bonds is 6. The maximum Gasteiger partial charge on any atom is 0.433 e. The van der Waals surface area contributed by atoms with Crippen molar-refractivity contribution in [2.24, 2.45) is 4.99 Å². The fraction of sp³-hybridized carbons (Fsp3) is 0.458. The average Bonchev–Trinajstić information content (AvgIpc) is 3.06. The Morgan fingerprint density at radius 2 is 1.82 bits per heavy atom. The number of pyridine rings is 2. The van der Waals surface area contributed by atoms with Gasteiger partial charge in [0.05, 0.1) is 24.1 Å². The minimum absolute atomic E-state index is 0.154. The zero-order valence-corrected chi connectivity index (χ0v) is 20.7. The first-order valence-electron chi connectivity index (χ1n) is 11.8. The van der Waals surface area contributed by atoms with E-state index in [0.29, 0.717) is 37.4 Å². The second-order valence-electron chi connectivity index (χ2n) is 8.95. The molecule has 14 heteroatoms. The molecule has 0 saturated heterocycles. The fourth-order valence-electron chi connectivity index (χ4n) is 4.36. The zero-order valence-electron chi connectivity index (χ0n) is 20.7. The van der Waals surface area contributed by atoms with Crippen molar-refractivity contribution in [1.82, 2.24) is 20.6 Å². The summed E-state index contributed by atoms with van der Waals surface area (Å²) in [5.41, 5.74) is -0.0939. The van der Waals surface area contributed by atoms with E-state index in [1.54, 1.807) is 18.9 Å². The van der Waals surface area contributed by atoms with E-state index in [4.69, 9.17) is 9.73 Å². The Hall–Kier alpha value is -3.39. The summed E-state index contributed by atoms with van der Waals surface area (Å²) in [4.78, 5) is 13.8. The lowest BCUT2D eigenvalue weighted by Crippen LogP contribution is -2.56. The van der Waals surface area contributed by atoms with Gasteiger partial charge in [-0.2, -0.15) is 26.3 Å². The van der Waals surface area contributed by atoms with Crippen LogP contribution in [0.15, 0.2) is 52.9 Å². The number of alkyl halides is 6. The van der Waals surface area contributed by atoms with Gasteiger partial charge in [0.2, 0.25) is 0 Å². The number of hydrogen-bond acceptors (Lipinski definition) is 8. The first-order chi connectivity index (χ1) is 17.9. The molecule has 0 spiro atoms. The first kappa shape index (κ1) is 27.6. The van der Waals surface area contributed by atoms with Crippen LogP contribution in [0.1, 0.15) is 31.0 Å². The van der Waals surface area contributed by atoms with Gasteiger partial charge < -0.3 is 20.3 Å². The van der Waals surface area contributed by atoms with E-state index in [1.807, 2.05) is 0 Å². The number of ether oxygens (including phenoxy) is 1. The molecule has 0 bridgehead atoms. The Labute approximate surface area is 215 Å². The number of aromatic nitrogens is 2. The van der Waals surface area contributed by atoms with Gasteiger partial charge in [0.1, 0.15) is 17.3 Å². The van der Waals surface area contributed by atoms with Crippen LogP contribution in [0.4, 0.5) is 37.8 Å². The number of methoxy groups -OCH3 is 1. The summed E-state index contributed by atoms with van der Waals surface area (Å²) in [5.74, 6) is -0.776. The van der Waals surface area contributed by atoms with Gasteiger partial charge in [-0.05, 0) is 37.6 Å². The Bertz CT molecular complexity index is 1200. The van der Waals surface area contributed by atoms with E-state index < -0.39 is 29.4 Å². The van der Waals surface area contributed by atoms with Crippen molar-refractivity contribution in [3.63, 3.8) is 0 Å². The van der Waals surface area contributed by atoms with Crippen LogP contribution in [-0.2, 0) is 17.1 Å². The topological polar surface area (TPSA) is 86.7 Å². The summed E-state index contributed by atoms with van der Waals surface area (Å²) in [6, 6.07) is 4.37. The van der Waals surface area contributed by atoms with Crippen molar-refractivity contribution in [3.05, 3.63) is 59.2 Å². The van der Waals surface area contributed by atoms with Gasteiger partial charge in [-0.15, -0.1) is 0 Å². The standard InChI is InChI=1S/C24H27F6N7O/c1-22(33-10-13-38-2)35-18-8-12-37(21-17(23(25,26)27)4-3-9-31-21)11-7-16(18)20(36-22)34-15-5-6-19(32-14-15)24(28,29)30/h3-6,9,14,33,35H,7-8,10-13H2,1-2H3,(H,34,36). The van der Waals surface area contributed by atoms with Gasteiger partial charge in [-0.25, -0.2) is 15.0 Å². The lowest BCUT2D eigenvalue weighted by molar-refractivity contribution is -0.141. The van der Waals surface area contributed by atoms with Crippen molar-refractivity contribution in [2.75, 3.05) is 43.6 Å². The molecule has 3 N–H and O–H groups in total. The number of anilines is 2. The monoisotopic (exact) mass is 543 g/mol. The third-order valence-corrected chi connectivity index (χ3v) is 6.13. The van der Waals surface area contributed by atoms with Crippen LogP contribution in [0.2, 0.25) is 0 Å². The first-order valence-corrected chi connectivity index (χ1v) is 11.8. The van der Waals surface area contributed by atoms with Gasteiger partial charge in [0, 0.05) is 50.6 Å². The van der Waals surface area contributed by atoms with Crippen LogP contribution >= 0.6 is 0 Å². The molecule has 0 fully saturated rings. The fourth-order valence-corrected chi connectivity index (χ4v) is 4.36. The molecular formula is C24H27F6N7O. The molecule has 0 aromatic carbocycles. The summed E-state index contributed by atoms with van der Waals surface area (Å²) >= 11 is 0. The van der Waals surface area contributed by atoms with E-state index in [0.717, 1.165) is 24.0 Å². The Morgan fingerprint density at radius 1 is 1.05 bits per heavy atom. The largest absolute Gasteiger partial charge is 0.433 e. The van der Waals surface area contributed by atoms with Gasteiger partial charge >= 0.3 is 12.4 Å². The molecular weight excluding hydrogens is 516 g/mol. The molecule has 0 amide bonds. The van der Waals surface area contributed by atoms with E-state index in [1.165, 1.54) is 18.3 Å². The molecule has 0 radical (unpaired) electrons. The molecule has 1 unspecified atom stereocenters. The Kier molecular flexibility index (Phi) is 7.83. The van der Waals surface area contributed by atoms with Gasteiger partial charge in [-0.1, -0.05) is 0 Å². The normalized spacial score (nSPS) is 20.4. The van der Waals surface area contributed by atoms with Crippen LogP contribution in [0, 0.1) is 0 Å². The summed E-state index contributed by atoms with van der Waals surface area (Å²) < 4.78 is 84.9. The zero-order chi connectivity index (χ0) is 27.6. The van der Waals surface area contributed by atoms with Crippen LogP contribution in [0.25, 0.3) is 0 Å². The lowest BCUT2D eigenvalue weighted by Gasteiger charge is -2.36. The number of amidine groups is 1. The SMILES string of the molecule is COCCNC1(C)N=C(Nc2ccc(C(F)(F)F)nc2)C2=C(CCN(c3ncccc3C(F)(F)F)CC2)N1. The maximum atomic E-state index is 13.6. The van der Waals surface area contributed by atoms with Gasteiger partial charge in [0.15, 0.2) is 5.79 Å². The predicted molar refractivity (Wildman–Crippen MR) is 129 cm³/mol. The van der Waals surface area contributed by atoms with E-state index in [9.17, 15) is 26.3 Å². The van der Waals surface area contributed by atoms with Crippen LogP contribution < -0.4 is 20.9 Å². The molecule has 2 aromatic heterocycles. The second-order valence-corrected chi connectivity index (χ2v) is 8.95. The minimum atomic E-state index is -4.57. The predicted octanol–water partition coefficient (Wildman–Crippen LogP) is 4.39. The highest BCUT2D eigenvalue weighted by Gasteiger charge is 2.38. The van der Waals surface area contributed by atoms with Crippen molar-refractivity contribution >= 4 is 17.3 Å². The average molecular weight is 544 g/mol. The number of hydrogen-bond donors (Lipinski definition) is 3. The van der Waals surface area contributed by atoms with Crippen LogP contribution in [-0.4, -0.2) is 54.9 Å². The molecule has 0 saturated carbocycles. The van der Waals surface area contributed by atoms with Crippen molar-refractivity contribution in [1.29, 1.82) is 0 Å². The highest BCUT2D eigenvalue weighted by molar-refractivity contribution is 6.09. The molecule has 2 aromatic rings.